The van der Waals surface area contributed by atoms with E-state index in [2.05, 4.69) is 11.4 Å². The molecular weight excluding hydrogens is 250 g/mol. The van der Waals surface area contributed by atoms with E-state index in [1.54, 1.807) is 6.07 Å². The lowest BCUT2D eigenvalue weighted by molar-refractivity contribution is -0.130. The first-order valence-corrected chi connectivity index (χ1v) is 7.27. The highest BCUT2D eigenvalue weighted by Crippen LogP contribution is 2.09. The summed E-state index contributed by atoms with van der Waals surface area (Å²) >= 11 is 0. The van der Waals surface area contributed by atoms with Crippen molar-refractivity contribution >= 4 is 5.91 Å². The molecule has 0 bridgehead atoms. The Morgan fingerprint density at radius 3 is 2.70 bits per heavy atom. The number of nitrogens with zero attached hydrogens (tertiary/aromatic N) is 2. The summed E-state index contributed by atoms with van der Waals surface area (Å²) in [4.78, 5) is 14.0. The minimum Gasteiger partial charge on any atom is -0.342 e. The molecule has 1 N–H and O–H groups in total. The zero-order valence-electron chi connectivity index (χ0n) is 11.8. The second-order valence-corrected chi connectivity index (χ2v) is 5.21. The highest BCUT2D eigenvalue weighted by molar-refractivity contribution is 5.78. The standard InChI is InChI=1S/C16H21N3O/c17-11-14-6-5-7-15(10-14)12-18-13-16(20)19-8-3-1-2-4-9-19/h5-7,10,18H,1-4,8-9,12-13H2. The van der Waals surface area contributed by atoms with E-state index < -0.39 is 0 Å². The molecule has 106 valence electrons. The molecular formula is C16H21N3O. The van der Waals surface area contributed by atoms with E-state index in [-0.39, 0.29) is 5.91 Å². The summed E-state index contributed by atoms with van der Waals surface area (Å²) in [5, 5.41) is 12.0. The normalized spacial score (nSPS) is 15.4. The molecule has 1 heterocycles. The molecule has 0 atom stereocenters. The molecule has 4 nitrogen and oxygen atoms in total. The van der Waals surface area contributed by atoms with Gasteiger partial charge in [-0.15, -0.1) is 0 Å². The third kappa shape index (κ3) is 4.36. The molecule has 0 aliphatic carbocycles. The zero-order chi connectivity index (χ0) is 14.2. The monoisotopic (exact) mass is 271 g/mol. The lowest BCUT2D eigenvalue weighted by atomic mass is 10.1. The van der Waals surface area contributed by atoms with Crippen molar-refractivity contribution in [1.82, 2.24) is 10.2 Å². The molecule has 0 spiro atoms. The third-order valence-electron chi connectivity index (χ3n) is 3.62. The Balaban J connectivity index is 1.77. The van der Waals surface area contributed by atoms with Gasteiger partial charge in [0, 0.05) is 19.6 Å². The second-order valence-electron chi connectivity index (χ2n) is 5.21. The number of hydrogen-bond donors (Lipinski definition) is 1. The van der Waals surface area contributed by atoms with Gasteiger partial charge in [-0.05, 0) is 30.5 Å². The van der Waals surface area contributed by atoms with Gasteiger partial charge in [-0.25, -0.2) is 0 Å². The molecule has 1 amide bonds. The van der Waals surface area contributed by atoms with Crippen LogP contribution in [0.15, 0.2) is 24.3 Å². The molecule has 1 saturated heterocycles. The summed E-state index contributed by atoms with van der Waals surface area (Å²) in [7, 11) is 0. The molecule has 0 radical (unpaired) electrons. The van der Waals surface area contributed by atoms with Crippen LogP contribution in [0.3, 0.4) is 0 Å². The quantitative estimate of drug-likeness (QED) is 0.912. The average Bonchev–Trinajstić information content (AvgIpc) is 2.76. The fourth-order valence-electron chi connectivity index (χ4n) is 2.50. The Hall–Kier alpha value is -1.86. The first-order valence-electron chi connectivity index (χ1n) is 7.27. The lowest BCUT2D eigenvalue weighted by Gasteiger charge is -2.20. The van der Waals surface area contributed by atoms with Gasteiger partial charge < -0.3 is 10.2 Å². The van der Waals surface area contributed by atoms with Crippen LogP contribution in [0, 0.1) is 11.3 Å². The molecule has 0 unspecified atom stereocenters. The molecule has 1 aromatic carbocycles. The first kappa shape index (κ1) is 14.5. The van der Waals surface area contributed by atoms with Crippen LogP contribution in [0.5, 0.6) is 0 Å². The Morgan fingerprint density at radius 2 is 2.00 bits per heavy atom. The number of likely N-dealkylation sites (tertiary alicyclic amines) is 1. The number of nitrogens with one attached hydrogen (secondary N) is 1. The molecule has 1 fully saturated rings. The topological polar surface area (TPSA) is 56.1 Å². The Bertz CT molecular complexity index is 485. The summed E-state index contributed by atoms with van der Waals surface area (Å²) in [5.41, 5.74) is 1.69. The van der Waals surface area contributed by atoms with Crippen molar-refractivity contribution in [2.45, 2.75) is 32.2 Å². The summed E-state index contributed by atoms with van der Waals surface area (Å²) in [6, 6.07) is 9.59. The van der Waals surface area contributed by atoms with E-state index in [1.807, 2.05) is 23.1 Å². The van der Waals surface area contributed by atoms with E-state index in [1.165, 1.54) is 12.8 Å². The average molecular weight is 271 g/mol. The Morgan fingerprint density at radius 1 is 1.25 bits per heavy atom. The maximum Gasteiger partial charge on any atom is 0.236 e. The van der Waals surface area contributed by atoms with Crippen LogP contribution in [0.2, 0.25) is 0 Å². The summed E-state index contributed by atoms with van der Waals surface area (Å²) in [5.74, 6) is 0.184. The van der Waals surface area contributed by atoms with Gasteiger partial charge >= 0.3 is 0 Å². The van der Waals surface area contributed by atoms with Crippen molar-refractivity contribution in [2.75, 3.05) is 19.6 Å². The smallest absolute Gasteiger partial charge is 0.236 e. The van der Waals surface area contributed by atoms with E-state index in [0.29, 0.717) is 18.7 Å². The number of hydrogen-bond acceptors (Lipinski definition) is 3. The van der Waals surface area contributed by atoms with E-state index in [4.69, 9.17) is 5.26 Å². The van der Waals surface area contributed by atoms with Gasteiger partial charge in [0.1, 0.15) is 0 Å². The van der Waals surface area contributed by atoms with Crippen LogP contribution in [-0.4, -0.2) is 30.4 Å². The predicted octanol–water partition coefficient (Wildman–Crippen LogP) is 2.05. The minimum absolute atomic E-state index is 0.184. The third-order valence-corrected chi connectivity index (χ3v) is 3.62. The van der Waals surface area contributed by atoms with Crippen molar-refractivity contribution in [3.63, 3.8) is 0 Å². The van der Waals surface area contributed by atoms with Crippen LogP contribution in [0.1, 0.15) is 36.8 Å². The zero-order valence-corrected chi connectivity index (χ0v) is 11.8. The molecule has 0 saturated carbocycles. The first-order chi connectivity index (χ1) is 9.79. The molecule has 1 aromatic rings. The summed E-state index contributed by atoms with van der Waals surface area (Å²) < 4.78 is 0. The lowest BCUT2D eigenvalue weighted by Crippen LogP contribution is -2.38. The van der Waals surface area contributed by atoms with E-state index >= 15 is 0 Å². The molecule has 1 aliphatic rings. The summed E-state index contributed by atoms with van der Waals surface area (Å²) in [6.45, 7) is 2.78. The number of carbonyl (C=O) groups excluding carboxylic acids is 1. The second kappa shape index (κ2) is 7.66. The number of carbonyl (C=O) groups is 1. The fourth-order valence-corrected chi connectivity index (χ4v) is 2.50. The highest BCUT2D eigenvalue weighted by atomic mass is 16.2. The van der Waals surface area contributed by atoms with Gasteiger partial charge in [0.05, 0.1) is 18.2 Å². The van der Waals surface area contributed by atoms with Crippen LogP contribution in [0.4, 0.5) is 0 Å². The van der Waals surface area contributed by atoms with E-state index in [0.717, 1.165) is 31.5 Å². The van der Waals surface area contributed by atoms with Crippen LogP contribution < -0.4 is 5.32 Å². The largest absolute Gasteiger partial charge is 0.342 e. The maximum absolute atomic E-state index is 12.1. The van der Waals surface area contributed by atoms with Crippen LogP contribution in [-0.2, 0) is 11.3 Å². The highest BCUT2D eigenvalue weighted by Gasteiger charge is 2.14. The molecule has 1 aliphatic heterocycles. The Labute approximate surface area is 120 Å². The number of nitriles is 1. The van der Waals surface area contributed by atoms with Gasteiger partial charge in [0.25, 0.3) is 0 Å². The molecule has 0 aromatic heterocycles. The van der Waals surface area contributed by atoms with Gasteiger partial charge in [-0.2, -0.15) is 5.26 Å². The maximum atomic E-state index is 12.1. The van der Waals surface area contributed by atoms with Gasteiger partial charge in [-0.1, -0.05) is 25.0 Å². The van der Waals surface area contributed by atoms with Crippen molar-refractivity contribution in [3.05, 3.63) is 35.4 Å². The van der Waals surface area contributed by atoms with Crippen molar-refractivity contribution in [3.8, 4) is 6.07 Å². The SMILES string of the molecule is N#Cc1cccc(CNCC(=O)N2CCCCCC2)c1. The van der Waals surface area contributed by atoms with Gasteiger partial charge in [0.15, 0.2) is 0 Å². The van der Waals surface area contributed by atoms with Gasteiger partial charge in [-0.3, -0.25) is 4.79 Å². The molecule has 2 rings (SSSR count). The predicted molar refractivity (Wildman–Crippen MR) is 77.9 cm³/mol. The van der Waals surface area contributed by atoms with Gasteiger partial charge in [0.2, 0.25) is 5.91 Å². The van der Waals surface area contributed by atoms with Crippen molar-refractivity contribution < 1.29 is 4.79 Å². The summed E-state index contributed by atoms with van der Waals surface area (Å²) in [6.07, 6.45) is 4.71. The minimum atomic E-state index is 0.184. The van der Waals surface area contributed by atoms with Crippen LogP contribution >= 0.6 is 0 Å². The number of amides is 1. The van der Waals surface area contributed by atoms with E-state index in [9.17, 15) is 4.79 Å². The van der Waals surface area contributed by atoms with Crippen LogP contribution in [0.25, 0.3) is 0 Å². The molecule has 20 heavy (non-hydrogen) atoms. The number of rotatable bonds is 4. The number of benzene rings is 1. The van der Waals surface area contributed by atoms with Crippen molar-refractivity contribution in [2.24, 2.45) is 0 Å². The van der Waals surface area contributed by atoms with Crippen molar-refractivity contribution in [1.29, 1.82) is 5.26 Å². The molecule has 4 heteroatoms. The Kier molecular flexibility index (Phi) is 5.57. The fraction of sp³-hybridized carbons (Fsp3) is 0.500.